The molecule has 1 atom stereocenters. The molecular weight excluding hydrogens is 168 g/mol. The maximum absolute atomic E-state index is 10.2. The van der Waals surface area contributed by atoms with Crippen LogP contribution in [-0.2, 0) is 4.74 Å². The molecule has 1 fully saturated rings. The van der Waals surface area contributed by atoms with Gasteiger partial charge in [0.1, 0.15) is 0 Å². The third-order valence-corrected chi connectivity index (χ3v) is 2.75. The second kappa shape index (κ2) is 3.99. The summed E-state index contributed by atoms with van der Waals surface area (Å²) in [5.41, 5.74) is 0.366. The number of rotatable bonds is 2. The van der Waals surface area contributed by atoms with Gasteiger partial charge in [-0.05, 0) is 30.6 Å². The molecule has 1 aliphatic rings. The van der Waals surface area contributed by atoms with Gasteiger partial charge in [-0.25, -0.2) is 4.79 Å². The van der Waals surface area contributed by atoms with Crippen molar-refractivity contribution in [2.75, 3.05) is 6.61 Å². The molecule has 76 valence electrons. The summed E-state index contributed by atoms with van der Waals surface area (Å²) in [6.45, 7) is 4.85. The van der Waals surface area contributed by atoms with Crippen molar-refractivity contribution in [1.82, 2.24) is 0 Å². The molecule has 1 aliphatic carbocycles. The van der Waals surface area contributed by atoms with E-state index in [1.54, 1.807) is 0 Å². The molecule has 0 heterocycles. The van der Waals surface area contributed by atoms with Crippen LogP contribution in [-0.4, -0.2) is 17.9 Å². The zero-order valence-corrected chi connectivity index (χ0v) is 8.38. The van der Waals surface area contributed by atoms with E-state index in [4.69, 9.17) is 5.11 Å². The van der Waals surface area contributed by atoms with Gasteiger partial charge in [0.15, 0.2) is 0 Å². The van der Waals surface area contributed by atoms with Crippen LogP contribution in [0.2, 0.25) is 0 Å². The fourth-order valence-electron chi connectivity index (χ4n) is 2.19. The molecule has 0 aromatic heterocycles. The van der Waals surface area contributed by atoms with Gasteiger partial charge in [-0.1, -0.05) is 20.3 Å². The highest BCUT2D eigenvalue weighted by molar-refractivity contribution is 5.56. The van der Waals surface area contributed by atoms with Crippen LogP contribution >= 0.6 is 0 Å². The Balaban J connectivity index is 2.30. The Morgan fingerprint density at radius 2 is 2.31 bits per heavy atom. The minimum Gasteiger partial charge on any atom is -0.450 e. The Morgan fingerprint density at radius 1 is 1.62 bits per heavy atom. The smallest absolute Gasteiger partial charge is 0.450 e. The summed E-state index contributed by atoms with van der Waals surface area (Å²) in [6, 6.07) is 0. The minimum absolute atomic E-state index is 0.366. The first-order chi connectivity index (χ1) is 5.99. The summed E-state index contributed by atoms with van der Waals surface area (Å²) in [4.78, 5) is 10.2. The maximum Gasteiger partial charge on any atom is 0.505 e. The Labute approximate surface area is 79.1 Å². The fraction of sp³-hybridized carbons (Fsp3) is 0.900. The van der Waals surface area contributed by atoms with Gasteiger partial charge in [0.05, 0.1) is 6.61 Å². The minimum atomic E-state index is -1.15. The van der Waals surface area contributed by atoms with Crippen LogP contribution in [0, 0.1) is 11.3 Å². The van der Waals surface area contributed by atoms with E-state index in [1.165, 1.54) is 12.8 Å². The van der Waals surface area contributed by atoms with E-state index in [0.717, 1.165) is 12.8 Å². The Morgan fingerprint density at radius 3 is 2.85 bits per heavy atom. The molecule has 0 amide bonds. The Hall–Kier alpha value is -0.730. The SMILES string of the molecule is CC1(C)CCCC(COC(=O)O)C1. The molecule has 0 bridgehead atoms. The third kappa shape index (κ3) is 3.66. The van der Waals surface area contributed by atoms with Gasteiger partial charge < -0.3 is 9.84 Å². The third-order valence-electron chi connectivity index (χ3n) is 2.75. The predicted molar refractivity (Wildman–Crippen MR) is 49.7 cm³/mol. The van der Waals surface area contributed by atoms with E-state index < -0.39 is 6.16 Å². The number of hydrogen-bond donors (Lipinski definition) is 1. The molecule has 1 rings (SSSR count). The zero-order chi connectivity index (χ0) is 9.90. The van der Waals surface area contributed by atoms with Crippen molar-refractivity contribution in [2.45, 2.75) is 39.5 Å². The molecule has 0 spiro atoms. The van der Waals surface area contributed by atoms with E-state index in [1.807, 2.05) is 0 Å². The molecule has 0 aliphatic heterocycles. The first-order valence-corrected chi connectivity index (χ1v) is 4.85. The second-order valence-electron chi connectivity index (χ2n) is 4.70. The van der Waals surface area contributed by atoms with Crippen molar-refractivity contribution in [3.63, 3.8) is 0 Å². The van der Waals surface area contributed by atoms with Crippen molar-refractivity contribution in [1.29, 1.82) is 0 Å². The van der Waals surface area contributed by atoms with Gasteiger partial charge in [0.2, 0.25) is 0 Å². The second-order valence-corrected chi connectivity index (χ2v) is 4.70. The monoisotopic (exact) mass is 186 g/mol. The van der Waals surface area contributed by atoms with Gasteiger partial charge in [-0.15, -0.1) is 0 Å². The van der Waals surface area contributed by atoms with Crippen LogP contribution in [0.3, 0.4) is 0 Å². The first kappa shape index (κ1) is 10.4. The lowest BCUT2D eigenvalue weighted by molar-refractivity contribution is 0.0544. The fourth-order valence-corrected chi connectivity index (χ4v) is 2.19. The molecule has 1 unspecified atom stereocenters. The summed E-state index contributed by atoms with van der Waals surface area (Å²) in [5.74, 6) is 0.430. The van der Waals surface area contributed by atoms with E-state index in [0.29, 0.717) is 17.9 Å². The average Bonchev–Trinajstić information content (AvgIpc) is 1.99. The topological polar surface area (TPSA) is 46.5 Å². The lowest BCUT2D eigenvalue weighted by Crippen LogP contribution is -2.26. The lowest BCUT2D eigenvalue weighted by Gasteiger charge is -2.34. The zero-order valence-electron chi connectivity index (χ0n) is 8.38. The molecule has 13 heavy (non-hydrogen) atoms. The molecule has 3 heteroatoms. The van der Waals surface area contributed by atoms with Crippen molar-refractivity contribution in [3.05, 3.63) is 0 Å². The van der Waals surface area contributed by atoms with E-state index in [9.17, 15) is 4.79 Å². The Bertz CT molecular complexity index is 187. The predicted octanol–water partition coefficient (Wildman–Crippen LogP) is 2.90. The van der Waals surface area contributed by atoms with Crippen molar-refractivity contribution < 1.29 is 14.6 Å². The summed E-state index contributed by atoms with van der Waals surface area (Å²) in [5, 5.41) is 8.35. The van der Waals surface area contributed by atoms with Crippen molar-refractivity contribution in [3.8, 4) is 0 Å². The van der Waals surface area contributed by atoms with E-state index >= 15 is 0 Å². The van der Waals surface area contributed by atoms with Gasteiger partial charge >= 0.3 is 6.16 Å². The highest BCUT2D eigenvalue weighted by Crippen LogP contribution is 2.38. The normalized spacial score (nSPS) is 26.8. The van der Waals surface area contributed by atoms with Gasteiger partial charge in [0.25, 0.3) is 0 Å². The Kier molecular flexibility index (Phi) is 3.17. The molecule has 0 aromatic carbocycles. The van der Waals surface area contributed by atoms with Gasteiger partial charge in [-0.3, -0.25) is 0 Å². The highest BCUT2D eigenvalue weighted by atomic mass is 16.7. The van der Waals surface area contributed by atoms with Crippen LogP contribution in [0.25, 0.3) is 0 Å². The highest BCUT2D eigenvalue weighted by Gasteiger charge is 2.28. The lowest BCUT2D eigenvalue weighted by atomic mass is 9.72. The van der Waals surface area contributed by atoms with Crippen LogP contribution in [0.5, 0.6) is 0 Å². The first-order valence-electron chi connectivity index (χ1n) is 4.85. The largest absolute Gasteiger partial charge is 0.505 e. The molecule has 1 saturated carbocycles. The van der Waals surface area contributed by atoms with Crippen molar-refractivity contribution in [2.24, 2.45) is 11.3 Å². The van der Waals surface area contributed by atoms with Crippen LogP contribution in [0.4, 0.5) is 4.79 Å². The number of carboxylic acid groups (broad SMARTS) is 1. The molecular formula is C10H18O3. The summed E-state index contributed by atoms with van der Waals surface area (Å²) >= 11 is 0. The number of ether oxygens (including phenoxy) is 1. The van der Waals surface area contributed by atoms with Crippen LogP contribution in [0.1, 0.15) is 39.5 Å². The molecule has 3 nitrogen and oxygen atoms in total. The molecule has 0 radical (unpaired) electrons. The molecule has 0 saturated heterocycles. The average molecular weight is 186 g/mol. The summed E-state index contributed by atoms with van der Waals surface area (Å²) in [6.07, 6.45) is 3.48. The number of hydrogen-bond acceptors (Lipinski definition) is 2. The van der Waals surface area contributed by atoms with Gasteiger partial charge in [-0.2, -0.15) is 0 Å². The standard InChI is InChI=1S/C10H18O3/c1-10(2)5-3-4-8(6-10)7-13-9(11)12/h8H,3-7H2,1-2H3,(H,11,12). The molecule has 1 N–H and O–H groups in total. The van der Waals surface area contributed by atoms with Crippen LogP contribution in [0.15, 0.2) is 0 Å². The van der Waals surface area contributed by atoms with Gasteiger partial charge in [0, 0.05) is 0 Å². The molecule has 0 aromatic rings. The summed E-state index contributed by atoms with van der Waals surface area (Å²) in [7, 11) is 0. The van der Waals surface area contributed by atoms with E-state index in [-0.39, 0.29) is 0 Å². The summed E-state index contributed by atoms with van der Waals surface area (Å²) < 4.78 is 4.59. The van der Waals surface area contributed by atoms with Crippen molar-refractivity contribution >= 4 is 6.16 Å². The quantitative estimate of drug-likeness (QED) is 0.674. The maximum atomic E-state index is 10.2. The number of carbonyl (C=O) groups is 1. The van der Waals surface area contributed by atoms with Crippen LogP contribution < -0.4 is 0 Å². The van der Waals surface area contributed by atoms with E-state index in [2.05, 4.69) is 18.6 Å².